The van der Waals surface area contributed by atoms with E-state index in [-0.39, 0.29) is 23.0 Å². The lowest BCUT2D eigenvalue weighted by atomic mass is 10.0. The van der Waals surface area contributed by atoms with Gasteiger partial charge in [0.05, 0.1) is 30.6 Å². The zero-order valence-corrected chi connectivity index (χ0v) is 20.6. The fraction of sp³-hybridized carbons (Fsp3) is 0.385. The predicted octanol–water partition coefficient (Wildman–Crippen LogP) is 3.08. The number of hydrogen-bond donors (Lipinski definition) is 1. The Bertz CT molecular complexity index is 1550. The average molecular weight is 492 g/mol. The molecule has 0 amide bonds. The van der Waals surface area contributed by atoms with Crippen molar-refractivity contribution in [3.63, 3.8) is 0 Å². The molecule has 5 rings (SSSR count). The Morgan fingerprint density at radius 1 is 1.00 bits per heavy atom. The maximum Gasteiger partial charge on any atom is 0.331 e. The van der Waals surface area contributed by atoms with Crippen molar-refractivity contribution in [3.8, 4) is 17.2 Å². The van der Waals surface area contributed by atoms with Gasteiger partial charge in [-0.2, -0.15) is 0 Å². The number of phenolic OH excluding ortho intramolecular Hbond substituents is 1. The predicted molar refractivity (Wildman–Crippen MR) is 138 cm³/mol. The number of anilines is 1. The molecule has 0 radical (unpaired) electrons. The van der Waals surface area contributed by atoms with Crippen molar-refractivity contribution >= 4 is 27.6 Å². The van der Waals surface area contributed by atoms with Crippen LogP contribution < -0.4 is 25.6 Å². The number of methoxy groups -OCH3 is 2. The first kappa shape index (κ1) is 23.7. The van der Waals surface area contributed by atoms with Crippen molar-refractivity contribution in [2.45, 2.75) is 38.8 Å². The van der Waals surface area contributed by atoms with E-state index in [1.54, 1.807) is 24.9 Å². The molecule has 1 aliphatic heterocycles. The molecule has 4 aromatic rings. The summed E-state index contributed by atoms with van der Waals surface area (Å²) >= 11 is 0. The molecule has 3 heterocycles. The first-order chi connectivity index (χ1) is 17.5. The van der Waals surface area contributed by atoms with Gasteiger partial charge in [-0.15, -0.1) is 0 Å². The SMILES string of the molecule is CCCn1c(=O)n(C2CCN(c3ncnc4cc(OC)c(OC)cc34)CC2)c(=O)c2cc(O)ccc21. The van der Waals surface area contributed by atoms with Crippen LogP contribution >= 0.6 is 0 Å². The molecule has 10 nitrogen and oxygen atoms in total. The maximum atomic E-state index is 13.4. The van der Waals surface area contributed by atoms with Gasteiger partial charge in [-0.25, -0.2) is 14.8 Å². The Kier molecular flexibility index (Phi) is 6.26. The van der Waals surface area contributed by atoms with Crippen LogP contribution in [0.3, 0.4) is 0 Å². The van der Waals surface area contributed by atoms with Gasteiger partial charge >= 0.3 is 5.69 Å². The van der Waals surface area contributed by atoms with Crippen molar-refractivity contribution in [2.24, 2.45) is 0 Å². The molecule has 36 heavy (non-hydrogen) atoms. The van der Waals surface area contributed by atoms with E-state index in [1.165, 1.54) is 23.0 Å². The number of ether oxygens (including phenoxy) is 2. The van der Waals surface area contributed by atoms with Crippen LogP contribution in [0.15, 0.2) is 46.2 Å². The van der Waals surface area contributed by atoms with Gasteiger partial charge in [-0.1, -0.05) is 6.92 Å². The number of nitrogens with zero attached hydrogens (tertiary/aromatic N) is 5. The second kappa shape index (κ2) is 9.52. The van der Waals surface area contributed by atoms with Crippen molar-refractivity contribution in [1.29, 1.82) is 0 Å². The number of aryl methyl sites for hydroxylation is 1. The minimum Gasteiger partial charge on any atom is -0.508 e. The molecule has 0 atom stereocenters. The quantitative estimate of drug-likeness (QED) is 0.438. The number of aromatic hydroxyl groups is 1. The summed E-state index contributed by atoms with van der Waals surface area (Å²) in [4.78, 5) is 37.9. The lowest BCUT2D eigenvalue weighted by Gasteiger charge is -2.34. The van der Waals surface area contributed by atoms with Crippen LogP contribution in [-0.2, 0) is 6.54 Å². The molecule has 0 aliphatic carbocycles. The normalized spacial score (nSPS) is 14.5. The molecule has 0 spiro atoms. The van der Waals surface area contributed by atoms with Gasteiger partial charge in [0, 0.05) is 37.1 Å². The summed E-state index contributed by atoms with van der Waals surface area (Å²) in [7, 11) is 3.17. The second-order valence-corrected chi connectivity index (χ2v) is 8.95. The third kappa shape index (κ3) is 3.92. The van der Waals surface area contributed by atoms with Crippen LogP contribution in [-0.4, -0.2) is 51.5 Å². The lowest BCUT2D eigenvalue weighted by Crippen LogP contribution is -2.46. The zero-order valence-electron chi connectivity index (χ0n) is 20.6. The Labute approximate surface area is 207 Å². The Balaban J connectivity index is 1.50. The highest BCUT2D eigenvalue weighted by molar-refractivity contribution is 5.92. The third-order valence-electron chi connectivity index (χ3n) is 6.85. The van der Waals surface area contributed by atoms with E-state index < -0.39 is 0 Å². The number of benzene rings is 2. The van der Waals surface area contributed by atoms with Crippen molar-refractivity contribution in [3.05, 3.63) is 57.5 Å². The summed E-state index contributed by atoms with van der Waals surface area (Å²) in [5.74, 6) is 1.97. The summed E-state index contributed by atoms with van der Waals surface area (Å²) in [6.07, 6.45) is 3.48. The zero-order chi connectivity index (χ0) is 25.4. The monoisotopic (exact) mass is 491 g/mol. The molecule has 2 aromatic heterocycles. The molecule has 1 saturated heterocycles. The highest BCUT2D eigenvalue weighted by atomic mass is 16.5. The molecule has 2 aromatic carbocycles. The topological polar surface area (TPSA) is 112 Å². The second-order valence-electron chi connectivity index (χ2n) is 8.95. The molecule has 0 bridgehead atoms. The number of rotatable bonds is 6. The molecule has 1 fully saturated rings. The fourth-order valence-electron chi connectivity index (χ4n) is 5.10. The van der Waals surface area contributed by atoms with E-state index in [4.69, 9.17) is 9.47 Å². The molecular formula is C26H29N5O5. The summed E-state index contributed by atoms with van der Waals surface area (Å²) in [6, 6.07) is 8.04. The minimum atomic E-state index is -0.360. The molecule has 188 valence electrons. The van der Waals surface area contributed by atoms with Gasteiger partial charge in [0.15, 0.2) is 11.5 Å². The lowest BCUT2D eigenvalue weighted by molar-refractivity contribution is 0.355. The number of hydrogen-bond acceptors (Lipinski definition) is 8. The molecule has 10 heteroatoms. The van der Waals surface area contributed by atoms with Crippen LogP contribution in [0, 0.1) is 0 Å². The van der Waals surface area contributed by atoms with E-state index in [0.717, 1.165) is 23.1 Å². The van der Waals surface area contributed by atoms with Crippen molar-refractivity contribution < 1.29 is 14.6 Å². The van der Waals surface area contributed by atoms with E-state index in [9.17, 15) is 14.7 Å². The Hall–Kier alpha value is -4.08. The molecule has 1 aliphatic rings. The molecule has 0 unspecified atom stereocenters. The number of phenols is 1. The fourth-order valence-corrected chi connectivity index (χ4v) is 5.10. The maximum absolute atomic E-state index is 13.4. The van der Waals surface area contributed by atoms with Crippen LogP contribution in [0.25, 0.3) is 21.8 Å². The molecule has 1 N–H and O–H groups in total. The van der Waals surface area contributed by atoms with E-state index in [0.29, 0.717) is 54.9 Å². The van der Waals surface area contributed by atoms with Crippen LogP contribution in [0.2, 0.25) is 0 Å². The third-order valence-corrected chi connectivity index (χ3v) is 6.85. The Morgan fingerprint density at radius 3 is 2.42 bits per heavy atom. The number of piperidine rings is 1. The first-order valence-corrected chi connectivity index (χ1v) is 12.1. The van der Waals surface area contributed by atoms with Crippen LogP contribution in [0.5, 0.6) is 17.2 Å². The van der Waals surface area contributed by atoms with E-state index in [1.807, 2.05) is 19.1 Å². The van der Waals surface area contributed by atoms with Gasteiger partial charge in [-0.3, -0.25) is 13.9 Å². The van der Waals surface area contributed by atoms with Gasteiger partial charge in [-0.05, 0) is 43.5 Å². The summed E-state index contributed by atoms with van der Waals surface area (Å²) in [6.45, 7) is 3.71. The van der Waals surface area contributed by atoms with Crippen LogP contribution in [0.1, 0.15) is 32.2 Å². The Morgan fingerprint density at radius 2 is 1.72 bits per heavy atom. The average Bonchev–Trinajstić information content (AvgIpc) is 2.90. The first-order valence-electron chi connectivity index (χ1n) is 12.1. The van der Waals surface area contributed by atoms with Gasteiger partial charge in [0.25, 0.3) is 5.56 Å². The molecule has 0 saturated carbocycles. The minimum absolute atomic E-state index is 0.00497. The highest BCUT2D eigenvalue weighted by Crippen LogP contribution is 2.36. The number of aromatic nitrogens is 4. The van der Waals surface area contributed by atoms with Crippen molar-refractivity contribution in [1.82, 2.24) is 19.1 Å². The van der Waals surface area contributed by atoms with E-state index >= 15 is 0 Å². The van der Waals surface area contributed by atoms with Gasteiger partial charge in [0.1, 0.15) is 17.9 Å². The summed E-state index contributed by atoms with van der Waals surface area (Å²) < 4.78 is 13.9. The van der Waals surface area contributed by atoms with Gasteiger partial charge in [0.2, 0.25) is 0 Å². The smallest absolute Gasteiger partial charge is 0.331 e. The molecular weight excluding hydrogens is 462 g/mol. The summed E-state index contributed by atoms with van der Waals surface area (Å²) in [5, 5.41) is 11.2. The van der Waals surface area contributed by atoms with Crippen LogP contribution in [0.4, 0.5) is 5.82 Å². The largest absolute Gasteiger partial charge is 0.508 e. The number of fused-ring (bicyclic) bond motifs is 2. The summed E-state index contributed by atoms with van der Waals surface area (Å²) in [5.41, 5.74) is 0.631. The standard InChI is InChI=1S/C26H29N5O5/c1-4-9-30-21-6-5-17(32)12-19(21)25(33)31(26(30)34)16-7-10-29(11-8-16)24-18-13-22(35-2)23(36-3)14-20(18)27-15-28-24/h5-6,12-16,32H,4,7-11H2,1-3H3. The van der Waals surface area contributed by atoms with Crippen molar-refractivity contribution in [2.75, 3.05) is 32.2 Å². The van der Waals surface area contributed by atoms with E-state index in [2.05, 4.69) is 14.9 Å². The van der Waals surface area contributed by atoms with Gasteiger partial charge < -0.3 is 19.5 Å². The highest BCUT2D eigenvalue weighted by Gasteiger charge is 2.27.